The van der Waals surface area contributed by atoms with E-state index in [4.69, 9.17) is 11.6 Å². The van der Waals surface area contributed by atoms with Crippen LogP contribution in [0, 0.1) is 5.92 Å². The first-order valence-electron chi connectivity index (χ1n) is 10.8. The fourth-order valence-electron chi connectivity index (χ4n) is 3.94. The zero-order valence-electron chi connectivity index (χ0n) is 18.6. The quantitative estimate of drug-likeness (QED) is 0.446. The van der Waals surface area contributed by atoms with Gasteiger partial charge in [-0.3, -0.25) is 4.79 Å². The number of hydrogen-bond donors (Lipinski definition) is 2. The number of aromatic nitrogens is 6. The maximum absolute atomic E-state index is 12.9. The van der Waals surface area contributed by atoms with E-state index in [0.717, 1.165) is 28.9 Å². The monoisotopic (exact) mass is 461 g/mol. The number of nitrogens with one attached hydrogen (secondary N) is 2. The van der Waals surface area contributed by atoms with Crippen LogP contribution < -0.4 is 5.32 Å². The van der Waals surface area contributed by atoms with Crippen LogP contribution in [0.5, 0.6) is 0 Å². The molecule has 2 N–H and O–H groups in total. The summed E-state index contributed by atoms with van der Waals surface area (Å²) in [5.74, 6) is 0.685. The number of imidazole rings is 1. The molecule has 0 bridgehead atoms. The molecule has 8 nitrogen and oxygen atoms in total. The zero-order chi connectivity index (χ0) is 23.2. The number of hydrogen-bond acceptors (Lipinski definition) is 5. The molecule has 33 heavy (non-hydrogen) atoms. The van der Waals surface area contributed by atoms with E-state index in [2.05, 4.69) is 51.7 Å². The molecule has 1 aliphatic carbocycles. The van der Waals surface area contributed by atoms with Crippen molar-refractivity contribution in [1.29, 1.82) is 0 Å². The average molecular weight is 462 g/mol. The summed E-state index contributed by atoms with van der Waals surface area (Å²) in [5.41, 5.74) is 4.35. The third kappa shape index (κ3) is 4.39. The van der Waals surface area contributed by atoms with E-state index in [9.17, 15) is 4.79 Å². The Balaban J connectivity index is 1.39. The summed E-state index contributed by atoms with van der Waals surface area (Å²) in [5, 5.41) is 18.1. The second kappa shape index (κ2) is 8.12. The maximum atomic E-state index is 12.9. The van der Waals surface area contributed by atoms with Gasteiger partial charge in [-0.25, -0.2) is 10.1 Å². The van der Waals surface area contributed by atoms with Crippen molar-refractivity contribution in [2.45, 2.75) is 38.5 Å². The summed E-state index contributed by atoms with van der Waals surface area (Å²) in [6.07, 6.45) is 4.61. The number of aromatic amines is 1. The normalized spacial score (nSPS) is 17.7. The molecule has 2 aromatic heterocycles. The van der Waals surface area contributed by atoms with Gasteiger partial charge >= 0.3 is 0 Å². The minimum absolute atomic E-state index is 0.00185. The molecule has 2 aromatic carbocycles. The van der Waals surface area contributed by atoms with Gasteiger partial charge in [0.15, 0.2) is 5.82 Å². The van der Waals surface area contributed by atoms with Gasteiger partial charge in [-0.2, -0.15) is 0 Å². The average Bonchev–Trinajstić information content (AvgIpc) is 3.16. The third-order valence-corrected chi connectivity index (χ3v) is 6.17. The van der Waals surface area contributed by atoms with Crippen molar-refractivity contribution >= 4 is 23.2 Å². The lowest BCUT2D eigenvalue weighted by Gasteiger charge is -2.15. The fraction of sp³-hybridized carbons (Fsp3) is 0.292. The molecular weight excluding hydrogens is 438 g/mol. The molecule has 168 valence electrons. The Morgan fingerprint density at radius 1 is 1.18 bits per heavy atom. The van der Waals surface area contributed by atoms with Gasteiger partial charge in [0.05, 0.1) is 17.7 Å². The van der Waals surface area contributed by atoms with Crippen molar-refractivity contribution in [2.24, 2.45) is 5.92 Å². The number of nitrogens with zero attached hydrogens (tertiary/aromatic N) is 5. The van der Waals surface area contributed by atoms with Crippen molar-refractivity contribution in [3.8, 4) is 17.1 Å². The summed E-state index contributed by atoms with van der Waals surface area (Å²) in [6.45, 7) is 6.36. The summed E-state index contributed by atoms with van der Waals surface area (Å²) >= 11 is 5.98. The predicted octanol–water partition coefficient (Wildman–Crippen LogP) is 4.75. The summed E-state index contributed by atoms with van der Waals surface area (Å²) in [6, 6.07) is 13.4. The Morgan fingerprint density at radius 2 is 1.97 bits per heavy atom. The van der Waals surface area contributed by atoms with Gasteiger partial charge in [-0.1, -0.05) is 44.5 Å². The van der Waals surface area contributed by atoms with E-state index in [1.165, 1.54) is 0 Å². The molecule has 0 saturated heterocycles. The number of halogens is 1. The number of carbonyl (C=O) groups is 1. The van der Waals surface area contributed by atoms with Gasteiger partial charge < -0.3 is 9.88 Å². The lowest BCUT2D eigenvalue weighted by atomic mass is 9.93. The Morgan fingerprint density at radius 3 is 2.64 bits per heavy atom. The maximum Gasteiger partial charge on any atom is 0.228 e. The standard InChI is InChI=1S/C24H24ClN7O/c1-24(2,3)21-12-32(13-26-21)20-9-8-16(10-19(20)22-28-30-31-29-22)27-23(33)18-11-17(18)14-4-6-15(25)7-5-14/h4-10,12-13,17-18H,11H2,1-3H3,(H,27,33)(H,28,29,30,31). The number of anilines is 1. The summed E-state index contributed by atoms with van der Waals surface area (Å²) in [7, 11) is 0. The first kappa shape index (κ1) is 21.3. The molecule has 2 heterocycles. The zero-order valence-corrected chi connectivity index (χ0v) is 19.3. The van der Waals surface area contributed by atoms with E-state index in [1.807, 2.05) is 53.2 Å². The Hall–Kier alpha value is -3.52. The van der Waals surface area contributed by atoms with Crippen LogP contribution in [-0.2, 0) is 10.2 Å². The van der Waals surface area contributed by atoms with Crippen LogP contribution in [-0.4, -0.2) is 36.1 Å². The molecule has 4 aromatic rings. The largest absolute Gasteiger partial charge is 0.326 e. The highest BCUT2D eigenvalue weighted by atomic mass is 35.5. The Labute approximate surface area is 196 Å². The van der Waals surface area contributed by atoms with Crippen molar-refractivity contribution in [3.05, 3.63) is 71.3 Å². The predicted molar refractivity (Wildman–Crippen MR) is 126 cm³/mol. The first-order valence-corrected chi connectivity index (χ1v) is 11.2. The van der Waals surface area contributed by atoms with Crippen molar-refractivity contribution < 1.29 is 4.79 Å². The van der Waals surface area contributed by atoms with Crippen LogP contribution >= 0.6 is 11.6 Å². The minimum atomic E-state index is -0.0714. The van der Waals surface area contributed by atoms with Gasteiger partial charge in [-0.05, 0) is 58.7 Å². The van der Waals surface area contributed by atoms with E-state index in [-0.39, 0.29) is 23.2 Å². The third-order valence-electron chi connectivity index (χ3n) is 5.92. The van der Waals surface area contributed by atoms with Crippen LogP contribution in [0.4, 0.5) is 5.69 Å². The fourth-order valence-corrected chi connectivity index (χ4v) is 4.07. The smallest absolute Gasteiger partial charge is 0.228 e. The molecule has 0 aliphatic heterocycles. The van der Waals surface area contributed by atoms with E-state index in [1.54, 1.807) is 6.33 Å². The molecule has 9 heteroatoms. The molecule has 5 rings (SSSR count). The number of tetrazole rings is 1. The molecular formula is C24H24ClN7O. The van der Waals surface area contributed by atoms with Crippen molar-refractivity contribution in [3.63, 3.8) is 0 Å². The molecule has 1 amide bonds. The van der Waals surface area contributed by atoms with Crippen molar-refractivity contribution in [2.75, 3.05) is 5.32 Å². The van der Waals surface area contributed by atoms with Gasteiger partial charge in [0.2, 0.25) is 5.91 Å². The molecule has 0 spiro atoms. The van der Waals surface area contributed by atoms with Crippen LogP contribution in [0.3, 0.4) is 0 Å². The highest BCUT2D eigenvalue weighted by Gasteiger charge is 2.43. The molecule has 2 unspecified atom stereocenters. The van der Waals surface area contributed by atoms with Crippen molar-refractivity contribution in [1.82, 2.24) is 30.2 Å². The molecule has 1 fully saturated rings. The van der Waals surface area contributed by atoms with E-state index >= 15 is 0 Å². The summed E-state index contributed by atoms with van der Waals surface area (Å²) in [4.78, 5) is 17.4. The minimum Gasteiger partial charge on any atom is -0.326 e. The van der Waals surface area contributed by atoms with Crippen LogP contribution in [0.1, 0.15) is 44.4 Å². The van der Waals surface area contributed by atoms with E-state index < -0.39 is 0 Å². The lowest BCUT2D eigenvalue weighted by Crippen LogP contribution is -2.15. The Kier molecular flexibility index (Phi) is 5.25. The highest BCUT2D eigenvalue weighted by Crippen LogP contribution is 2.48. The second-order valence-electron chi connectivity index (χ2n) is 9.39. The molecule has 1 aliphatic rings. The molecule has 2 atom stereocenters. The van der Waals surface area contributed by atoms with Crippen LogP contribution in [0.2, 0.25) is 5.02 Å². The van der Waals surface area contributed by atoms with Gasteiger partial charge in [-0.15, -0.1) is 5.10 Å². The van der Waals surface area contributed by atoms with Gasteiger partial charge in [0.25, 0.3) is 0 Å². The second-order valence-corrected chi connectivity index (χ2v) is 9.82. The highest BCUT2D eigenvalue weighted by molar-refractivity contribution is 6.30. The van der Waals surface area contributed by atoms with Gasteiger partial charge in [0, 0.05) is 33.8 Å². The topological polar surface area (TPSA) is 101 Å². The van der Waals surface area contributed by atoms with E-state index in [0.29, 0.717) is 16.5 Å². The van der Waals surface area contributed by atoms with Crippen LogP contribution in [0.25, 0.3) is 17.1 Å². The van der Waals surface area contributed by atoms with Crippen LogP contribution in [0.15, 0.2) is 55.0 Å². The SMILES string of the molecule is CC(C)(C)c1cn(-c2ccc(NC(=O)C3CC3c3ccc(Cl)cc3)cc2-c2nnn[nH]2)cn1. The first-order chi connectivity index (χ1) is 15.8. The number of H-pyrrole nitrogens is 1. The van der Waals surface area contributed by atoms with Gasteiger partial charge in [0.1, 0.15) is 0 Å². The molecule has 1 saturated carbocycles. The lowest BCUT2D eigenvalue weighted by molar-refractivity contribution is -0.117. The number of amides is 1. The number of rotatable bonds is 5. The summed E-state index contributed by atoms with van der Waals surface area (Å²) < 4.78 is 1.95. The number of carbonyl (C=O) groups excluding carboxylic acids is 1. The number of benzene rings is 2. The Bertz CT molecular complexity index is 1290. The molecule has 0 radical (unpaired) electrons.